The molecule has 0 bridgehead atoms. The number of imidazole rings is 2. The van der Waals surface area contributed by atoms with Crippen LogP contribution < -0.4 is 11.2 Å². The normalized spacial score (nSPS) is 11.5. The molecule has 3 rings (SSSR count). The first-order valence-electron chi connectivity index (χ1n) is 8.89. The third kappa shape index (κ3) is 3.48. The molecular formula is C17H24N6O2S. The Morgan fingerprint density at radius 3 is 2.62 bits per heavy atom. The van der Waals surface area contributed by atoms with Crippen molar-refractivity contribution in [2.75, 3.05) is 0 Å². The molecule has 0 amide bonds. The summed E-state index contributed by atoms with van der Waals surface area (Å²) in [4.78, 5) is 36.2. The number of hydrogen-bond donors (Lipinski definition) is 1. The van der Waals surface area contributed by atoms with Gasteiger partial charge in [0.15, 0.2) is 16.3 Å². The summed E-state index contributed by atoms with van der Waals surface area (Å²) in [6.45, 7) is 5.36. The molecule has 0 aromatic carbocycles. The fraction of sp³-hybridized carbons (Fsp3) is 0.529. The number of nitrogens with zero attached hydrogens (tertiary/aromatic N) is 5. The molecule has 8 nitrogen and oxygen atoms in total. The Morgan fingerprint density at radius 2 is 1.96 bits per heavy atom. The lowest BCUT2D eigenvalue weighted by atomic mass is 10.3. The molecular weight excluding hydrogens is 352 g/mol. The van der Waals surface area contributed by atoms with Gasteiger partial charge in [0.1, 0.15) is 5.82 Å². The van der Waals surface area contributed by atoms with Crippen LogP contribution in [0.4, 0.5) is 0 Å². The first-order valence-corrected chi connectivity index (χ1v) is 9.87. The quantitative estimate of drug-likeness (QED) is 0.608. The van der Waals surface area contributed by atoms with E-state index in [2.05, 4.69) is 28.8 Å². The maximum atomic E-state index is 12.5. The summed E-state index contributed by atoms with van der Waals surface area (Å²) >= 11 is 1.56. The molecule has 0 unspecified atom stereocenters. The average Bonchev–Trinajstić information content (AvgIpc) is 3.17. The average molecular weight is 376 g/mol. The van der Waals surface area contributed by atoms with Crippen molar-refractivity contribution in [3.05, 3.63) is 39.1 Å². The second-order valence-corrected chi connectivity index (χ2v) is 7.17. The van der Waals surface area contributed by atoms with Crippen LogP contribution in [0.2, 0.25) is 0 Å². The molecule has 0 saturated carbocycles. The monoisotopic (exact) mass is 376 g/mol. The molecule has 26 heavy (non-hydrogen) atoms. The molecule has 140 valence electrons. The summed E-state index contributed by atoms with van der Waals surface area (Å²) < 4.78 is 5.47. The van der Waals surface area contributed by atoms with E-state index >= 15 is 0 Å². The molecule has 0 aliphatic carbocycles. The second-order valence-electron chi connectivity index (χ2n) is 6.23. The van der Waals surface area contributed by atoms with Crippen LogP contribution in [0.3, 0.4) is 0 Å². The van der Waals surface area contributed by atoms with Crippen LogP contribution >= 0.6 is 11.8 Å². The van der Waals surface area contributed by atoms with Crippen molar-refractivity contribution < 1.29 is 0 Å². The van der Waals surface area contributed by atoms with Gasteiger partial charge in [-0.05, 0) is 12.8 Å². The van der Waals surface area contributed by atoms with Crippen molar-refractivity contribution in [3.63, 3.8) is 0 Å². The highest BCUT2D eigenvalue weighted by molar-refractivity contribution is 7.98. The largest absolute Gasteiger partial charge is 0.330 e. The van der Waals surface area contributed by atoms with Crippen molar-refractivity contribution >= 4 is 22.9 Å². The van der Waals surface area contributed by atoms with E-state index in [1.165, 1.54) is 0 Å². The number of fused-ring (bicyclic) bond motifs is 1. The minimum atomic E-state index is -0.389. The highest BCUT2D eigenvalue weighted by Gasteiger charge is 2.18. The fourth-order valence-corrected chi connectivity index (χ4v) is 3.81. The summed E-state index contributed by atoms with van der Waals surface area (Å²) in [5, 5.41) is 0.886. The van der Waals surface area contributed by atoms with Gasteiger partial charge < -0.3 is 9.13 Å². The van der Waals surface area contributed by atoms with Gasteiger partial charge in [-0.1, -0.05) is 32.0 Å². The Labute approximate surface area is 155 Å². The number of aryl methyl sites for hydroxylation is 3. The van der Waals surface area contributed by atoms with Crippen LogP contribution in [-0.2, 0) is 25.9 Å². The zero-order valence-electron chi connectivity index (χ0n) is 15.4. The van der Waals surface area contributed by atoms with Crippen LogP contribution in [0.15, 0.2) is 27.1 Å². The van der Waals surface area contributed by atoms with Gasteiger partial charge in [-0.3, -0.25) is 14.3 Å². The van der Waals surface area contributed by atoms with Gasteiger partial charge in [-0.25, -0.2) is 14.8 Å². The third-order valence-electron chi connectivity index (χ3n) is 4.25. The lowest BCUT2D eigenvalue weighted by molar-refractivity contribution is 0.612. The van der Waals surface area contributed by atoms with Gasteiger partial charge in [0.05, 0.1) is 5.75 Å². The molecule has 0 aliphatic heterocycles. The Kier molecular flexibility index (Phi) is 5.65. The van der Waals surface area contributed by atoms with E-state index in [1.54, 1.807) is 22.5 Å². The minimum absolute atomic E-state index is 0.369. The van der Waals surface area contributed by atoms with Crippen molar-refractivity contribution in [3.8, 4) is 0 Å². The van der Waals surface area contributed by atoms with Gasteiger partial charge in [-0.15, -0.1) is 0 Å². The number of hydrogen-bond acceptors (Lipinski definition) is 5. The molecule has 3 aromatic rings. The molecule has 0 saturated heterocycles. The molecule has 0 fully saturated rings. The number of nitrogens with one attached hydrogen (secondary N) is 1. The van der Waals surface area contributed by atoms with Crippen LogP contribution in [0.25, 0.3) is 11.2 Å². The summed E-state index contributed by atoms with van der Waals surface area (Å²) in [5.41, 5.74) is 0.210. The van der Waals surface area contributed by atoms with Crippen molar-refractivity contribution in [1.82, 2.24) is 28.7 Å². The Bertz CT molecular complexity index is 1010. The predicted molar refractivity (Wildman–Crippen MR) is 103 cm³/mol. The maximum Gasteiger partial charge on any atom is 0.330 e. The van der Waals surface area contributed by atoms with Crippen molar-refractivity contribution in [2.45, 2.75) is 57.1 Å². The standard InChI is InChI=1S/C17H24N6O2S/c1-4-6-9-23-14-13(15(24)20-16(23)25)22(8-5-2)12(19-14)11-26-17-18-7-10-21(17)3/h7,10H,4-6,8-9,11H2,1-3H3,(H,20,24,25). The molecule has 0 spiro atoms. The van der Waals surface area contributed by atoms with Crippen molar-refractivity contribution in [1.29, 1.82) is 0 Å². The third-order valence-corrected chi connectivity index (χ3v) is 5.31. The summed E-state index contributed by atoms with van der Waals surface area (Å²) in [7, 11) is 1.94. The van der Waals surface area contributed by atoms with E-state index in [0.717, 1.165) is 30.2 Å². The van der Waals surface area contributed by atoms with Crippen LogP contribution in [0.5, 0.6) is 0 Å². The number of thioether (sulfide) groups is 1. The SMILES string of the molecule is CCCCn1c(=O)[nH]c(=O)c2c1nc(CSc1nccn1C)n2CCC. The van der Waals surface area contributed by atoms with E-state index in [0.29, 0.717) is 30.0 Å². The molecule has 0 aliphatic rings. The fourth-order valence-electron chi connectivity index (χ4n) is 2.94. The van der Waals surface area contributed by atoms with Crippen LogP contribution in [0.1, 0.15) is 38.9 Å². The highest BCUT2D eigenvalue weighted by Crippen LogP contribution is 2.22. The lowest BCUT2D eigenvalue weighted by Gasteiger charge is -2.07. The molecule has 9 heteroatoms. The summed E-state index contributed by atoms with van der Waals surface area (Å²) in [6.07, 6.45) is 6.34. The predicted octanol–water partition coefficient (Wildman–Crippen LogP) is 2.12. The van der Waals surface area contributed by atoms with Gasteiger partial charge in [-0.2, -0.15) is 0 Å². The van der Waals surface area contributed by atoms with E-state index in [-0.39, 0.29) is 11.2 Å². The van der Waals surface area contributed by atoms with E-state index in [9.17, 15) is 9.59 Å². The van der Waals surface area contributed by atoms with Crippen LogP contribution in [0, 0.1) is 0 Å². The van der Waals surface area contributed by atoms with Gasteiger partial charge >= 0.3 is 5.69 Å². The molecule has 0 atom stereocenters. The minimum Gasteiger partial charge on any atom is -0.329 e. The molecule has 0 radical (unpaired) electrons. The summed E-state index contributed by atoms with van der Waals surface area (Å²) in [5.74, 6) is 1.37. The maximum absolute atomic E-state index is 12.5. The number of rotatable bonds is 8. The number of unbranched alkanes of at least 4 members (excludes halogenated alkanes) is 1. The molecule has 1 N–H and O–H groups in total. The molecule has 3 heterocycles. The summed E-state index contributed by atoms with van der Waals surface area (Å²) in [6, 6.07) is 0. The lowest BCUT2D eigenvalue weighted by Crippen LogP contribution is -2.31. The smallest absolute Gasteiger partial charge is 0.329 e. The zero-order valence-corrected chi connectivity index (χ0v) is 16.2. The number of H-pyrrole nitrogens is 1. The van der Waals surface area contributed by atoms with Crippen molar-refractivity contribution in [2.24, 2.45) is 7.05 Å². The zero-order chi connectivity index (χ0) is 18.7. The van der Waals surface area contributed by atoms with E-state index in [1.807, 2.05) is 22.4 Å². The van der Waals surface area contributed by atoms with Gasteiger partial charge in [0.25, 0.3) is 5.56 Å². The topological polar surface area (TPSA) is 90.5 Å². The van der Waals surface area contributed by atoms with Gasteiger partial charge in [0.2, 0.25) is 0 Å². The van der Waals surface area contributed by atoms with Crippen LogP contribution in [-0.4, -0.2) is 28.7 Å². The second kappa shape index (κ2) is 7.94. The number of aromatic amines is 1. The Balaban J connectivity index is 2.08. The van der Waals surface area contributed by atoms with E-state index < -0.39 is 0 Å². The first-order chi connectivity index (χ1) is 12.6. The molecule has 3 aromatic heterocycles. The van der Waals surface area contributed by atoms with Gasteiger partial charge in [0, 0.05) is 32.5 Å². The highest BCUT2D eigenvalue weighted by atomic mass is 32.2. The van der Waals surface area contributed by atoms with E-state index in [4.69, 9.17) is 0 Å². The Morgan fingerprint density at radius 1 is 1.15 bits per heavy atom. The first kappa shape index (κ1) is 18.5. The number of aromatic nitrogens is 6. The Hall–Kier alpha value is -2.29.